The van der Waals surface area contributed by atoms with Crippen LogP contribution in [0.5, 0.6) is 0 Å². The van der Waals surface area contributed by atoms with Gasteiger partial charge in [0.1, 0.15) is 12.1 Å². The van der Waals surface area contributed by atoms with Crippen LogP contribution in [0.25, 0.3) is 11.1 Å². The fourth-order valence-electron chi connectivity index (χ4n) is 2.41. The molecule has 1 fully saturated rings. The van der Waals surface area contributed by atoms with E-state index in [1.165, 1.54) is 41.5 Å². The van der Waals surface area contributed by atoms with Gasteiger partial charge in [-0.3, -0.25) is 9.69 Å². The second-order valence-corrected chi connectivity index (χ2v) is 5.37. The molecule has 7 nitrogen and oxygen atoms in total. The van der Waals surface area contributed by atoms with Gasteiger partial charge in [0, 0.05) is 37.5 Å². The van der Waals surface area contributed by atoms with Gasteiger partial charge in [-0.25, -0.2) is 19.2 Å². The van der Waals surface area contributed by atoms with Gasteiger partial charge in [-0.05, 0) is 18.2 Å². The van der Waals surface area contributed by atoms with Crippen molar-refractivity contribution in [3.63, 3.8) is 0 Å². The highest BCUT2D eigenvalue weighted by Gasteiger charge is 2.36. The van der Waals surface area contributed by atoms with Crippen LogP contribution in [-0.2, 0) is 9.53 Å². The Bertz CT molecular complexity index is 784. The van der Waals surface area contributed by atoms with E-state index in [2.05, 4.69) is 9.97 Å². The molecule has 0 bridgehead atoms. The summed E-state index contributed by atoms with van der Waals surface area (Å²) in [6.45, 7) is 1.52. The lowest BCUT2D eigenvalue weighted by molar-refractivity contribution is -0.134. The molecule has 1 atom stereocenters. The lowest BCUT2D eigenvalue weighted by Crippen LogP contribution is -2.38. The van der Waals surface area contributed by atoms with E-state index in [-0.39, 0.29) is 12.5 Å². The number of anilines is 1. The largest absolute Gasteiger partial charge is 0.423 e. The number of hydrogen-bond donors (Lipinski definition) is 0. The molecule has 1 aromatic carbocycles. The maximum atomic E-state index is 14.4. The second-order valence-electron chi connectivity index (χ2n) is 5.37. The number of aromatic nitrogens is 2. The molecule has 1 aliphatic rings. The highest BCUT2D eigenvalue weighted by atomic mass is 19.1. The Labute approximate surface area is 137 Å². The van der Waals surface area contributed by atoms with Crippen molar-refractivity contribution in [3.8, 4) is 11.1 Å². The molecule has 1 saturated heterocycles. The molecular formula is C16H15FN4O3. The lowest BCUT2D eigenvalue weighted by atomic mass is 10.1. The van der Waals surface area contributed by atoms with Crippen molar-refractivity contribution >= 4 is 17.7 Å². The first kappa shape index (κ1) is 15.9. The van der Waals surface area contributed by atoms with Crippen molar-refractivity contribution in [1.82, 2.24) is 14.9 Å². The van der Waals surface area contributed by atoms with Gasteiger partial charge in [0.2, 0.25) is 5.91 Å². The van der Waals surface area contributed by atoms with Crippen LogP contribution in [0.2, 0.25) is 0 Å². The summed E-state index contributed by atoms with van der Waals surface area (Å²) in [5, 5.41) is 0. The molecule has 0 aliphatic carbocycles. The van der Waals surface area contributed by atoms with Gasteiger partial charge in [0.15, 0.2) is 6.23 Å². The predicted molar refractivity (Wildman–Crippen MR) is 83.5 cm³/mol. The van der Waals surface area contributed by atoms with Gasteiger partial charge < -0.3 is 9.64 Å². The highest BCUT2D eigenvalue weighted by Crippen LogP contribution is 2.28. The fourth-order valence-corrected chi connectivity index (χ4v) is 2.41. The van der Waals surface area contributed by atoms with Gasteiger partial charge in [-0.2, -0.15) is 0 Å². The van der Waals surface area contributed by atoms with Gasteiger partial charge in [-0.1, -0.05) is 0 Å². The van der Waals surface area contributed by atoms with Crippen LogP contribution in [0, 0.1) is 5.82 Å². The number of amides is 2. The number of cyclic esters (lactones) is 1. The van der Waals surface area contributed by atoms with Crippen LogP contribution in [0.3, 0.4) is 0 Å². The molecular weight excluding hydrogens is 315 g/mol. The minimum atomic E-state index is -0.694. The SMILES string of the molecule is CC(=O)N(C)[C@@H]1CN(c2ccc(-c3cncnc3)c(F)c2)C(=O)O1. The van der Waals surface area contributed by atoms with E-state index < -0.39 is 18.1 Å². The molecule has 3 rings (SSSR count). The van der Waals surface area contributed by atoms with E-state index in [0.29, 0.717) is 16.8 Å². The first-order chi connectivity index (χ1) is 11.5. The van der Waals surface area contributed by atoms with Gasteiger partial charge in [-0.15, -0.1) is 0 Å². The summed E-state index contributed by atoms with van der Waals surface area (Å²) in [5.41, 5.74) is 1.24. The summed E-state index contributed by atoms with van der Waals surface area (Å²) in [5.74, 6) is -0.723. The van der Waals surface area contributed by atoms with Crippen LogP contribution in [0.4, 0.5) is 14.9 Å². The summed E-state index contributed by atoms with van der Waals surface area (Å²) < 4.78 is 19.6. The molecule has 0 N–H and O–H groups in total. The van der Waals surface area contributed by atoms with E-state index in [4.69, 9.17) is 4.74 Å². The van der Waals surface area contributed by atoms with Crippen molar-refractivity contribution in [2.75, 3.05) is 18.5 Å². The lowest BCUT2D eigenvalue weighted by Gasteiger charge is -2.20. The minimum Gasteiger partial charge on any atom is -0.423 e. The molecule has 124 valence electrons. The third kappa shape index (κ3) is 2.90. The zero-order chi connectivity index (χ0) is 17.3. The number of halogens is 1. The van der Waals surface area contributed by atoms with E-state index in [1.807, 2.05) is 0 Å². The first-order valence-electron chi connectivity index (χ1n) is 7.24. The highest BCUT2D eigenvalue weighted by molar-refractivity contribution is 5.90. The first-order valence-corrected chi connectivity index (χ1v) is 7.24. The number of nitrogens with zero attached hydrogens (tertiary/aromatic N) is 4. The average Bonchev–Trinajstić information content (AvgIpc) is 2.96. The quantitative estimate of drug-likeness (QED) is 0.861. The molecule has 2 heterocycles. The Kier molecular flexibility index (Phi) is 4.11. The number of carbonyl (C=O) groups excluding carboxylic acids is 2. The van der Waals surface area contributed by atoms with Crippen molar-refractivity contribution in [1.29, 1.82) is 0 Å². The molecule has 0 saturated carbocycles. The average molecular weight is 330 g/mol. The Morgan fingerprint density at radius 3 is 2.71 bits per heavy atom. The molecule has 8 heteroatoms. The predicted octanol–water partition coefficient (Wildman–Crippen LogP) is 2.04. The Hall–Kier alpha value is -3.03. The summed E-state index contributed by atoms with van der Waals surface area (Å²) in [6, 6.07) is 4.42. The second kappa shape index (κ2) is 6.23. The van der Waals surface area contributed by atoms with Gasteiger partial charge >= 0.3 is 6.09 Å². The molecule has 0 unspecified atom stereocenters. The molecule has 2 amide bonds. The van der Waals surface area contributed by atoms with Crippen molar-refractivity contribution < 1.29 is 18.7 Å². The van der Waals surface area contributed by atoms with Crippen LogP contribution in [0.1, 0.15) is 6.92 Å². The maximum Gasteiger partial charge on any atom is 0.416 e. The Balaban J connectivity index is 1.85. The zero-order valence-corrected chi connectivity index (χ0v) is 13.1. The summed E-state index contributed by atoms with van der Waals surface area (Å²) in [4.78, 5) is 33.7. The van der Waals surface area contributed by atoms with E-state index in [0.717, 1.165) is 0 Å². The normalized spacial score (nSPS) is 16.9. The topological polar surface area (TPSA) is 75.6 Å². The number of ether oxygens (including phenoxy) is 1. The standard InChI is InChI=1S/C16H15FN4O3/c1-10(22)20(2)15-8-21(16(23)24-15)12-3-4-13(14(17)5-12)11-6-18-9-19-7-11/h3-7,9,15H,8H2,1-2H3/t15-/m0/s1. The Morgan fingerprint density at radius 1 is 1.38 bits per heavy atom. The van der Waals surface area contributed by atoms with Gasteiger partial charge in [0.05, 0.1) is 12.2 Å². The fraction of sp³-hybridized carbons (Fsp3) is 0.250. The van der Waals surface area contributed by atoms with Crippen molar-refractivity contribution in [2.45, 2.75) is 13.2 Å². The zero-order valence-electron chi connectivity index (χ0n) is 13.1. The van der Waals surface area contributed by atoms with Crippen molar-refractivity contribution in [3.05, 3.63) is 42.7 Å². The summed E-state index contributed by atoms with van der Waals surface area (Å²) >= 11 is 0. The maximum absolute atomic E-state index is 14.4. The number of hydrogen-bond acceptors (Lipinski definition) is 5. The monoisotopic (exact) mass is 330 g/mol. The number of likely N-dealkylation sites (N-methyl/N-ethyl adjacent to an activating group) is 1. The Morgan fingerprint density at radius 2 is 2.08 bits per heavy atom. The summed E-state index contributed by atoms with van der Waals surface area (Å²) in [7, 11) is 1.54. The van der Waals surface area contributed by atoms with Crippen LogP contribution in [-0.4, -0.2) is 46.7 Å². The van der Waals surface area contributed by atoms with Crippen LogP contribution >= 0.6 is 0 Å². The van der Waals surface area contributed by atoms with E-state index in [1.54, 1.807) is 19.2 Å². The number of benzene rings is 1. The number of carbonyl (C=O) groups is 2. The number of rotatable bonds is 3. The van der Waals surface area contributed by atoms with E-state index >= 15 is 0 Å². The smallest absolute Gasteiger partial charge is 0.416 e. The molecule has 1 aliphatic heterocycles. The molecule has 0 spiro atoms. The summed E-state index contributed by atoms with van der Waals surface area (Å²) in [6.07, 6.45) is 3.06. The minimum absolute atomic E-state index is 0.141. The molecule has 2 aromatic rings. The van der Waals surface area contributed by atoms with Crippen LogP contribution < -0.4 is 4.90 Å². The van der Waals surface area contributed by atoms with Gasteiger partial charge in [0.25, 0.3) is 0 Å². The van der Waals surface area contributed by atoms with Crippen LogP contribution in [0.15, 0.2) is 36.9 Å². The third-order valence-corrected chi connectivity index (χ3v) is 3.86. The third-order valence-electron chi connectivity index (χ3n) is 3.86. The van der Waals surface area contributed by atoms with E-state index in [9.17, 15) is 14.0 Å². The van der Waals surface area contributed by atoms with Crippen molar-refractivity contribution in [2.24, 2.45) is 0 Å². The molecule has 0 radical (unpaired) electrons. The molecule has 1 aromatic heterocycles. The molecule has 24 heavy (non-hydrogen) atoms.